The van der Waals surface area contributed by atoms with Crippen LogP contribution < -0.4 is 0 Å². The molecule has 0 atom stereocenters. The minimum atomic E-state index is 0.103. The van der Waals surface area contributed by atoms with Crippen molar-refractivity contribution in [2.75, 3.05) is 12.3 Å². The van der Waals surface area contributed by atoms with Crippen LogP contribution in [0.5, 0.6) is 0 Å². The highest BCUT2D eigenvalue weighted by molar-refractivity contribution is 7.99. The lowest BCUT2D eigenvalue weighted by Crippen LogP contribution is -2.31. The number of carbonyl (C=O) groups excluding carboxylic acids is 1. The summed E-state index contributed by atoms with van der Waals surface area (Å²) in [5, 5.41) is 9.30. The maximum atomic E-state index is 12.6. The van der Waals surface area contributed by atoms with Gasteiger partial charge in [-0.15, -0.1) is 10.2 Å². The summed E-state index contributed by atoms with van der Waals surface area (Å²) >= 11 is 1.43. The third-order valence-corrected chi connectivity index (χ3v) is 5.43. The molecule has 0 saturated carbocycles. The first kappa shape index (κ1) is 19.2. The van der Waals surface area contributed by atoms with E-state index in [0.717, 1.165) is 22.1 Å². The van der Waals surface area contributed by atoms with Gasteiger partial charge in [0.25, 0.3) is 0 Å². The highest BCUT2D eigenvalue weighted by atomic mass is 32.2. The van der Waals surface area contributed by atoms with Crippen molar-refractivity contribution in [3.63, 3.8) is 0 Å². The van der Waals surface area contributed by atoms with Crippen LogP contribution >= 0.6 is 11.8 Å². The monoisotopic (exact) mass is 380 g/mol. The van der Waals surface area contributed by atoms with E-state index in [-0.39, 0.29) is 5.91 Å². The molecule has 2 aromatic carbocycles. The summed E-state index contributed by atoms with van der Waals surface area (Å²) in [6.45, 7) is 5.37. The molecule has 0 aliphatic rings. The molecule has 0 aliphatic heterocycles. The van der Waals surface area contributed by atoms with Crippen molar-refractivity contribution in [3.05, 3.63) is 65.7 Å². The van der Waals surface area contributed by atoms with Gasteiger partial charge in [-0.05, 0) is 19.4 Å². The van der Waals surface area contributed by atoms with Gasteiger partial charge in [-0.25, -0.2) is 0 Å². The van der Waals surface area contributed by atoms with Gasteiger partial charge in [-0.1, -0.05) is 71.9 Å². The number of rotatable bonds is 7. The first-order valence-electron chi connectivity index (χ1n) is 8.99. The lowest BCUT2D eigenvalue weighted by molar-refractivity contribution is -0.128. The Hall–Kier alpha value is -2.60. The minimum Gasteiger partial charge on any atom is -0.338 e. The fraction of sp³-hybridized carbons (Fsp3) is 0.286. The normalized spacial score (nSPS) is 10.8. The molecular formula is C21H24N4OS. The zero-order valence-electron chi connectivity index (χ0n) is 15.9. The van der Waals surface area contributed by atoms with Crippen LogP contribution in [0.2, 0.25) is 0 Å². The molecule has 0 bridgehead atoms. The third-order valence-electron chi connectivity index (χ3n) is 4.42. The summed E-state index contributed by atoms with van der Waals surface area (Å²) < 4.78 is 1.94. The van der Waals surface area contributed by atoms with Gasteiger partial charge in [0.15, 0.2) is 11.0 Å². The van der Waals surface area contributed by atoms with Crippen LogP contribution in [0.3, 0.4) is 0 Å². The van der Waals surface area contributed by atoms with Crippen molar-refractivity contribution in [1.82, 2.24) is 19.7 Å². The summed E-state index contributed by atoms with van der Waals surface area (Å²) in [4.78, 5) is 14.5. The molecule has 3 aromatic rings. The van der Waals surface area contributed by atoms with Crippen molar-refractivity contribution in [2.45, 2.75) is 25.5 Å². The Labute approximate surface area is 164 Å². The molecule has 1 amide bonds. The maximum Gasteiger partial charge on any atom is 0.233 e. The number of carbonyl (C=O) groups is 1. The van der Waals surface area contributed by atoms with Crippen LogP contribution in [-0.4, -0.2) is 37.9 Å². The Bertz CT molecular complexity index is 890. The highest BCUT2D eigenvalue weighted by Crippen LogP contribution is 2.23. The van der Waals surface area contributed by atoms with Crippen molar-refractivity contribution in [3.8, 4) is 11.4 Å². The summed E-state index contributed by atoms with van der Waals surface area (Å²) in [6, 6.07) is 18.3. The van der Waals surface area contributed by atoms with E-state index in [0.29, 0.717) is 18.8 Å². The number of aromatic nitrogens is 3. The Morgan fingerprint density at radius 2 is 1.78 bits per heavy atom. The van der Waals surface area contributed by atoms with Gasteiger partial charge in [0.1, 0.15) is 0 Å². The molecular weight excluding hydrogens is 356 g/mol. The fourth-order valence-corrected chi connectivity index (χ4v) is 3.61. The van der Waals surface area contributed by atoms with Gasteiger partial charge in [-0.2, -0.15) is 0 Å². The van der Waals surface area contributed by atoms with Crippen molar-refractivity contribution in [2.24, 2.45) is 7.05 Å². The maximum absolute atomic E-state index is 12.6. The van der Waals surface area contributed by atoms with Crippen LogP contribution in [0.25, 0.3) is 11.4 Å². The van der Waals surface area contributed by atoms with Gasteiger partial charge in [0.05, 0.1) is 5.75 Å². The summed E-state index contributed by atoms with van der Waals surface area (Å²) in [5.41, 5.74) is 3.37. The zero-order valence-corrected chi connectivity index (χ0v) is 16.7. The van der Waals surface area contributed by atoms with Gasteiger partial charge >= 0.3 is 0 Å². The molecule has 0 radical (unpaired) electrons. The Morgan fingerprint density at radius 3 is 2.44 bits per heavy atom. The number of aryl methyl sites for hydroxylation is 1. The second-order valence-corrected chi connectivity index (χ2v) is 7.36. The van der Waals surface area contributed by atoms with Crippen LogP contribution in [0.1, 0.15) is 18.1 Å². The molecule has 6 heteroatoms. The average Bonchev–Trinajstić information content (AvgIpc) is 3.06. The van der Waals surface area contributed by atoms with E-state index in [9.17, 15) is 4.79 Å². The fourth-order valence-electron chi connectivity index (χ4n) is 2.79. The average molecular weight is 381 g/mol. The second-order valence-electron chi connectivity index (χ2n) is 6.41. The zero-order chi connectivity index (χ0) is 19.2. The first-order chi connectivity index (χ1) is 13.1. The first-order valence-corrected chi connectivity index (χ1v) is 9.98. The van der Waals surface area contributed by atoms with Crippen molar-refractivity contribution < 1.29 is 4.79 Å². The molecule has 1 heterocycles. The van der Waals surface area contributed by atoms with Crippen LogP contribution in [0.15, 0.2) is 59.8 Å². The Morgan fingerprint density at radius 1 is 1.07 bits per heavy atom. The van der Waals surface area contributed by atoms with Crippen LogP contribution in [0, 0.1) is 6.92 Å². The van der Waals surface area contributed by atoms with Gasteiger partial charge in [0.2, 0.25) is 5.91 Å². The molecule has 3 rings (SSSR count). The van der Waals surface area contributed by atoms with E-state index in [1.165, 1.54) is 17.3 Å². The van der Waals surface area contributed by atoms with Gasteiger partial charge < -0.3 is 9.47 Å². The molecule has 140 valence electrons. The highest BCUT2D eigenvalue weighted by Gasteiger charge is 2.16. The molecule has 5 nitrogen and oxygen atoms in total. The lowest BCUT2D eigenvalue weighted by Gasteiger charge is -2.20. The topological polar surface area (TPSA) is 51.0 Å². The third kappa shape index (κ3) is 4.77. The number of nitrogens with zero attached hydrogens (tertiary/aromatic N) is 4. The number of benzene rings is 2. The quantitative estimate of drug-likeness (QED) is 0.583. The number of amides is 1. The molecule has 0 unspecified atom stereocenters. The number of hydrogen-bond donors (Lipinski definition) is 0. The minimum absolute atomic E-state index is 0.103. The summed E-state index contributed by atoms with van der Waals surface area (Å²) in [7, 11) is 1.93. The van der Waals surface area contributed by atoms with E-state index in [1.54, 1.807) is 0 Å². The Balaban J connectivity index is 1.64. The summed E-state index contributed by atoms with van der Waals surface area (Å²) in [6.07, 6.45) is 0. The molecule has 0 aliphatic carbocycles. The smallest absolute Gasteiger partial charge is 0.233 e. The van der Waals surface area contributed by atoms with Crippen molar-refractivity contribution in [1.29, 1.82) is 0 Å². The van der Waals surface area contributed by atoms with E-state index in [4.69, 9.17) is 0 Å². The second kappa shape index (κ2) is 8.86. The van der Waals surface area contributed by atoms with Crippen LogP contribution in [0.4, 0.5) is 0 Å². The number of thioether (sulfide) groups is 1. The predicted octanol–water partition coefficient (Wildman–Crippen LogP) is 3.93. The molecule has 1 aromatic heterocycles. The van der Waals surface area contributed by atoms with Crippen molar-refractivity contribution >= 4 is 17.7 Å². The molecule has 27 heavy (non-hydrogen) atoms. The molecule has 0 N–H and O–H groups in total. The lowest BCUT2D eigenvalue weighted by atomic mass is 10.1. The molecule has 0 fully saturated rings. The Kier molecular flexibility index (Phi) is 6.29. The van der Waals surface area contributed by atoms with E-state index in [2.05, 4.69) is 29.3 Å². The van der Waals surface area contributed by atoms with Crippen LogP contribution in [-0.2, 0) is 18.4 Å². The van der Waals surface area contributed by atoms with E-state index < -0.39 is 0 Å². The molecule has 0 saturated heterocycles. The van der Waals surface area contributed by atoms with Gasteiger partial charge in [-0.3, -0.25) is 4.79 Å². The van der Waals surface area contributed by atoms with E-state index >= 15 is 0 Å². The van der Waals surface area contributed by atoms with E-state index in [1.807, 2.05) is 65.9 Å². The predicted molar refractivity (Wildman–Crippen MR) is 109 cm³/mol. The summed E-state index contributed by atoms with van der Waals surface area (Å²) in [5.74, 6) is 1.26. The SMILES string of the molecule is CCN(Cc1ccccc1)C(=O)CSc1nnc(-c2ccc(C)cc2)n1C. The largest absolute Gasteiger partial charge is 0.338 e. The standard InChI is InChI=1S/C21H24N4OS/c1-4-25(14-17-8-6-5-7-9-17)19(26)15-27-21-23-22-20(24(21)3)18-12-10-16(2)11-13-18/h5-13H,4,14-15H2,1-3H3. The molecule has 0 spiro atoms. The number of hydrogen-bond acceptors (Lipinski definition) is 4. The van der Waals surface area contributed by atoms with Gasteiger partial charge in [0, 0.05) is 25.7 Å².